The van der Waals surface area contributed by atoms with Gasteiger partial charge in [0.15, 0.2) is 11.5 Å². The molecule has 1 saturated carbocycles. The second-order valence-corrected chi connectivity index (χ2v) is 9.80. The fourth-order valence-electron chi connectivity index (χ4n) is 3.85. The van der Waals surface area contributed by atoms with Gasteiger partial charge < -0.3 is 14.8 Å². The van der Waals surface area contributed by atoms with Gasteiger partial charge in [0.2, 0.25) is 15.9 Å². The number of hydrogen-bond donors (Lipinski definition) is 2. The molecule has 1 aliphatic rings. The van der Waals surface area contributed by atoms with Crippen LogP contribution in [0.25, 0.3) is 0 Å². The summed E-state index contributed by atoms with van der Waals surface area (Å²) in [6, 6.07) is 4.84. The molecule has 2 N–H and O–H groups in total. The number of methoxy groups -OCH3 is 1. The number of rotatable bonds is 9. The summed E-state index contributed by atoms with van der Waals surface area (Å²) >= 11 is 0. The molecule has 0 aliphatic heterocycles. The fourth-order valence-corrected chi connectivity index (χ4v) is 4.69. The maximum absolute atomic E-state index is 12.9. The van der Waals surface area contributed by atoms with Crippen molar-refractivity contribution >= 4 is 15.9 Å². The smallest absolute Gasteiger partial charge is 0.238 e. The van der Waals surface area contributed by atoms with Crippen molar-refractivity contribution in [3.05, 3.63) is 23.8 Å². The van der Waals surface area contributed by atoms with E-state index in [1.807, 2.05) is 32.0 Å². The van der Waals surface area contributed by atoms with E-state index in [1.54, 1.807) is 7.11 Å². The number of sulfonamides is 1. The molecular formula is C22H32N2O5S. The molecule has 30 heavy (non-hydrogen) atoms. The zero-order valence-corrected chi connectivity index (χ0v) is 18.9. The molecule has 0 aromatic heterocycles. The van der Waals surface area contributed by atoms with Crippen molar-refractivity contribution in [3.8, 4) is 23.8 Å². The Morgan fingerprint density at radius 3 is 2.57 bits per heavy atom. The van der Waals surface area contributed by atoms with Crippen LogP contribution in [0.1, 0.15) is 51.0 Å². The van der Waals surface area contributed by atoms with Crippen LogP contribution in [-0.2, 0) is 14.8 Å². The average Bonchev–Trinajstić information content (AvgIpc) is 2.70. The first-order valence-corrected chi connectivity index (χ1v) is 12.1. The number of ether oxygens (including phenoxy) is 2. The highest BCUT2D eigenvalue weighted by molar-refractivity contribution is 7.88. The van der Waals surface area contributed by atoms with Crippen molar-refractivity contribution in [2.75, 3.05) is 20.0 Å². The van der Waals surface area contributed by atoms with Crippen molar-refractivity contribution in [2.45, 2.75) is 57.5 Å². The molecule has 1 fully saturated rings. The first kappa shape index (κ1) is 24.0. The van der Waals surface area contributed by atoms with E-state index < -0.39 is 16.1 Å². The first-order valence-electron chi connectivity index (χ1n) is 10.2. The molecule has 1 amide bonds. The Morgan fingerprint density at radius 2 is 1.97 bits per heavy atom. The van der Waals surface area contributed by atoms with Gasteiger partial charge in [-0.15, -0.1) is 6.42 Å². The molecule has 0 spiro atoms. The van der Waals surface area contributed by atoms with E-state index in [1.165, 1.54) is 0 Å². The van der Waals surface area contributed by atoms with Crippen LogP contribution < -0.4 is 19.5 Å². The van der Waals surface area contributed by atoms with Gasteiger partial charge in [-0.2, -0.15) is 0 Å². The van der Waals surface area contributed by atoms with Crippen LogP contribution in [-0.4, -0.2) is 46.4 Å². The van der Waals surface area contributed by atoms with Gasteiger partial charge >= 0.3 is 0 Å². The quantitative estimate of drug-likeness (QED) is 0.580. The number of benzene rings is 1. The second-order valence-electron chi connectivity index (χ2n) is 8.02. The summed E-state index contributed by atoms with van der Waals surface area (Å²) in [6.45, 7) is 3.79. The van der Waals surface area contributed by atoms with Gasteiger partial charge in [0.05, 0.1) is 13.4 Å². The van der Waals surface area contributed by atoms with Crippen LogP contribution in [0.3, 0.4) is 0 Å². The minimum Gasteiger partial charge on any atom is -0.493 e. The largest absolute Gasteiger partial charge is 0.493 e. The van der Waals surface area contributed by atoms with Gasteiger partial charge in [-0.1, -0.05) is 38.7 Å². The molecule has 0 radical (unpaired) electrons. The number of terminal acetylenes is 1. The van der Waals surface area contributed by atoms with Gasteiger partial charge in [-0.05, 0) is 36.5 Å². The molecule has 1 aromatic carbocycles. The SMILES string of the molecule is C#CCOc1ccc(C2CCCCC2NC(=O)[C@@H](NS(C)(=O)=O)C(C)C)cc1OC. The zero-order chi connectivity index (χ0) is 22.3. The number of hydrogen-bond acceptors (Lipinski definition) is 5. The third-order valence-electron chi connectivity index (χ3n) is 5.31. The topological polar surface area (TPSA) is 93.7 Å². The van der Waals surface area contributed by atoms with E-state index in [4.69, 9.17) is 15.9 Å². The maximum atomic E-state index is 12.9. The van der Waals surface area contributed by atoms with E-state index in [9.17, 15) is 13.2 Å². The van der Waals surface area contributed by atoms with Gasteiger partial charge in [-0.3, -0.25) is 4.79 Å². The summed E-state index contributed by atoms with van der Waals surface area (Å²) in [7, 11) is -1.92. The first-order chi connectivity index (χ1) is 14.2. The summed E-state index contributed by atoms with van der Waals surface area (Å²) < 4.78 is 36.8. The fraction of sp³-hybridized carbons (Fsp3) is 0.591. The number of carbonyl (C=O) groups is 1. The maximum Gasteiger partial charge on any atom is 0.238 e. The highest BCUT2D eigenvalue weighted by Crippen LogP contribution is 2.37. The van der Waals surface area contributed by atoms with Crippen LogP contribution >= 0.6 is 0 Å². The molecule has 7 nitrogen and oxygen atoms in total. The van der Waals surface area contributed by atoms with Gasteiger partial charge in [-0.25, -0.2) is 13.1 Å². The van der Waals surface area contributed by atoms with Crippen molar-refractivity contribution in [1.82, 2.24) is 10.0 Å². The number of carbonyl (C=O) groups excluding carboxylic acids is 1. The minimum atomic E-state index is -3.50. The minimum absolute atomic E-state index is 0.0870. The molecule has 2 unspecified atom stereocenters. The van der Waals surface area contributed by atoms with Gasteiger partial charge in [0, 0.05) is 12.0 Å². The zero-order valence-electron chi connectivity index (χ0n) is 18.1. The summed E-state index contributed by atoms with van der Waals surface area (Å²) in [4.78, 5) is 12.9. The number of nitrogens with one attached hydrogen (secondary N) is 2. The Kier molecular flexibility index (Phi) is 8.56. The standard InChI is InChI=1S/C22H32N2O5S/c1-6-13-29-19-12-11-16(14-20(19)28-4)17-9-7-8-10-18(17)23-22(25)21(15(2)3)24-30(5,26)27/h1,11-12,14-15,17-18,21,24H,7-10,13H2,2-5H3,(H,23,25)/t17?,18?,21-/m0/s1. The molecule has 2 rings (SSSR count). The molecule has 0 saturated heterocycles. The monoisotopic (exact) mass is 436 g/mol. The van der Waals surface area contributed by atoms with Crippen LogP contribution in [0.2, 0.25) is 0 Å². The lowest BCUT2D eigenvalue weighted by Gasteiger charge is -2.34. The molecule has 1 aromatic rings. The molecule has 1 aliphatic carbocycles. The van der Waals surface area contributed by atoms with Crippen LogP contribution in [0.4, 0.5) is 0 Å². The summed E-state index contributed by atoms with van der Waals surface area (Å²) in [5.41, 5.74) is 1.04. The Bertz CT molecular complexity index is 876. The Balaban J connectivity index is 2.22. The molecule has 0 heterocycles. The normalized spacial score (nSPS) is 20.3. The summed E-state index contributed by atoms with van der Waals surface area (Å²) in [6.07, 6.45) is 10.1. The predicted octanol–water partition coefficient (Wildman–Crippen LogP) is 2.42. The predicted molar refractivity (Wildman–Crippen MR) is 117 cm³/mol. The lowest BCUT2D eigenvalue weighted by Crippen LogP contribution is -2.53. The van der Waals surface area contributed by atoms with Crippen LogP contribution in [0.5, 0.6) is 11.5 Å². The molecule has 3 atom stereocenters. The Hall–Kier alpha value is -2.24. The van der Waals surface area contributed by atoms with Crippen molar-refractivity contribution in [1.29, 1.82) is 0 Å². The van der Waals surface area contributed by atoms with Crippen molar-refractivity contribution in [3.63, 3.8) is 0 Å². The van der Waals surface area contributed by atoms with Gasteiger partial charge in [0.25, 0.3) is 0 Å². The highest BCUT2D eigenvalue weighted by atomic mass is 32.2. The highest BCUT2D eigenvalue weighted by Gasteiger charge is 2.32. The third kappa shape index (κ3) is 6.64. The average molecular weight is 437 g/mol. The second kappa shape index (κ2) is 10.7. The molecule has 0 bridgehead atoms. The third-order valence-corrected chi connectivity index (χ3v) is 5.99. The van der Waals surface area contributed by atoms with E-state index >= 15 is 0 Å². The Labute approximate surface area is 180 Å². The van der Waals surface area contributed by atoms with Crippen molar-refractivity contribution < 1.29 is 22.7 Å². The Morgan fingerprint density at radius 1 is 1.27 bits per heavy atom. The number of amides is 1. The van der Waals surface area contributed by atoms with Crippen LogP contribution in [0.15, 0.2) is 18.2 Å². The van der Waals surface area contributed by atoms with E-state index in [0.29, 0.717) is 11.5 Å². The van der Waals surface area contributed by atoms with E-state index in [0.717, 1.165) is 37.5 Å². The lowest BCUT2D eigenvalue weighted by atomic mass is 9.79. The van der Waals surface area contributed by atoms with Gasteiger partial charge in [0.1, 0.15) is 12.6 Å². The van der Waals surface area contributed by atoms with E-state index in [-0.39, 0.29) is 30.4 Å². The summed E-state index contributed by atoms with van der Waals surface area (Å²) in [5.74, 6) is 3.24. The van der Waals surface area contributed by atoms with Crippen LogP contribution in [0, 0.1) is 18.3 Å². The molecule has 8 heteroatoms. The summed E-state index contributed by atoms with van der Waals surface area (Å²) in [5, 5.41) is 3.09. The molecular weight excluding hydrogens is 404 g/mol. The van der Waals surface area contributed by atoms with Crippen molar-refractivity contribution in [2.24, 2.45) is 5.92 Å². The molecule has 166 valence electrons. The van der Waals surface area contributed by atoms with E-state index in [2.05, 4.69) is 16.0 Å². The lowest BCUT2D eigenvalue weighted by molar-refractivity contribution is -0.124.